The number of hydrogen-bond acceptors (Lipinski definition) is 2. The molecule has 0 aromatic carbocycles. The van der Waals surface area contributed by atoms with E-state index < -0.39 is 0 Å². The number of nitrogens with zero attached hydrogens (tertiary/aromatic N) is 1. The molecule has 1 N–H and O–H groups in total. The summed E-state index contributed by atoms with van der Waals surface area (Å²) in [7, 11) is 0. The Balaban J connectivity index is 1.85. The Hall–Kier alpha value is -1.58. The van der Waals surface area contributed by atoms with E-state index in [1.807, 2.05) is 30.0 Å². The summed E-state index contributed by atoms with van der Waals surface area (Å²) in [6, 6.07) is 1.85. The van der Waals surface area contributed by atoms with E-state index in [1.165, 1.54) is 0 Å². The van der Waals surface area contributed by atoms with Gasteiger partial charge in [0.25, 0.3) is 0 Å². The summed E-state index contributed by atoms with van der Waals surface area (Å²) in [6.07, 6.45) is 6.24. The largest absolute Gasteiger partial charge is 0.356 e. The van der Waals surface area contributed by atoms with Crippen molar-refractivity contribution in [2.75, 3.05) is 6.54 Å². The lowest BCUT2D eigenvalue weighted by Crippen LogP contribution is -2.23. The number of amides is 1. The van der Waals surface area contributed by atoms with Crippen molar-refractivity contribution < 1.29 is 9.59 Å². The van der Waals surface area contributed by atoms with Gasteiger partial charge in [0.2, 0.25) is 5.91 Å². The number of ketones is 1. The zero-order valence-electron chi connectivity index (χ0n) is 10.1. The Bertz CT molecular complexity index is 419. The van der Waals surface area contributed by atoms with Gasteiger partial charge in [-0.05, 0) is 25.8 Å². The van der Waals surface area contributed by atoms with E-state index in [-0.39, 0.29) is 17.6 Å². The number of Topliss-reactive ketones (excluding diaryl/α,β-unsaturated/α-hetero) is 1. The third-order valence-electron chi connectivity index (χ3n) is 2.95. The summed E-state index contributed by atoms with van der Waals surface area (Å²) in [5.74, 6) is 0.562. The first-order valence-electron chi connectivity index (χ1n) is 6.17. The van der Waals surface area contributed by atoms with E-state index in [0.717, 1.165) is 18.4 Å². The van der Waals surface area contributed by atoms with Crippen LogP contribution >= 0.6 is 0 Å². The van der Waals surface area contributed by atoms with E-state index in [9.17, 15) is 9.59 Å². The summed E-state index contributed by atoms with van der Waals surface area (Å²) in [5, 5.41) is 2.75. The highest BCUT2D eigenvalue weighted by atomic mass is 16.1. The quantitative estimate of drug-likeness (QED) is 0.760. The van der Waals surface area contributed by atoms with Gasteiger partial charge < -0.3 is 9.88 Å². The number of carbonyl (C=O) groups is 2. The van der Waals surface area contributed by atoms with Crippen LogP contribution in [-0.4, -0.2) is 22.8 Å². The highest BCUT2D eigenvalue weighted by Crippen LogP contribution is 2.32. The van der Waals surface area contributed by atoms with E-state index in [4.69, 9.17) is 0 Å². The minimum absolute atomic E-state index is 0.0521. The second-order valence-corrected chi connectivity index (χ2v) is 4.48. The normalized spacial score (nSPS) is 14.6. The van der Waals surface area contributed by atoms with Gasteiger partial charge in [0, 0.05) is 43.4 Å². The Morgan fingerprint density at radius 1 is 1.47 bits per heavy atom. The number of rotatable bonds is 6. The predicted octanol–water partition coefficient (Wildman–Crippen LogP) is 1.61. The second kappa shape index (κ2) is 5.17. The first-order chi connectivity index (χ1) is 8.20. The first-order valence-corrected chi connectivity index (χ1v) is 6.17. The summed E-state index contributed by atoms with van der Waals surface area (Å²) < 4.78 is 1.91. The zero-order chi connectivity index (χ0) is 12.3. The average Bonchev–Trinajstić information content (AvgIpc) is 3.05. The molecule has 0 saturated heterocycles. The third kappa shape index (κ3) is 3.19. The maximum atomic E-state index is 11.8. The standard InChI is InChI=1S/C13H18N2O2/c1-2-14-12(16)6-8-15-7-5-11(9-15)13(17)10-3-4-10/h5,7,9-10H,2-4,6,8H2,1H3,(H,14,16). The molecule has 17 heavy (non-hydrogen) atoms. The van der Waals surface area contributed by atoms with Crippen molar-refractivity contribution >= 4 is 11.7 Å². The van der Waals surface area contributed by atoms with Crippen LogP contribution in [0.4, 0.5) is 0 Å². The summed E-state index contributed by atoms with van der Waals surface area (Å²) in [4.78, 5) is 23.1. The summed E-state index contributed by atoms with van der Waals surface area (Å²) in [6.45, 7) is 3.19. The van der Waals surface area contributed by atoms with Gasteiger partial charge in [-0.25, -0.2) is 0 Å². The fraction of sp³-hybridized carbons (Fsp3) is 0.538. The summed E-state index contributed by atoms with van der Waals surface area (Å²) in [5.41, 5.74) is 0.781. The molecule has 1 aromatic heterocycles. The highest BCUT2D eigenvalue weighted by molar-refractivity contribution is 5.99. The monoisotopic (exact) mass is 234 g/mol. The number of hydrogen-bond donors (Lipinski definition) is 1. The molecule has 1 aromatic rings. The van der Waals surface area contributed by atoms with Crippen LogP contribution in [0.2, 0.25) is 0 Å². The minimum Gasteiger partial charge on any atom is -0.356 e. The van der Waals surface area contributed by atoms with Crippen molar-refractivity contribution in [3.63, 3.8) is 0 Å². The summed E-state index contributed by atoms with van der Waals surface area (Å²) >= 11 is 0. The smallest absolute Gasteiger partial charge is 0.221 e. The molecule has 1 fully saturated rings. The van der Waals surface area contributed by atoms with Crippen LogP contribution in [0, 0.1) is 5.92 Å². The van der Waals surface area contributed by atoms with Gasteiger partial charge in [0.1, 0.15) is 0 Å². The van der Waals surface area contributed by atoms with Crippen LogP contribution in [-0.2, 0) is 11.3 Å². The fourth-order valence-electron chi connectivity index (χ4n) is 1.82. The third-order valence-corrected chi connectivity index (χ3v) is 2.95. The number of aromatic nitrogens is 1. The zero-order valence-corrected chi connectivity index (χ0v) is 10.1. The van der Waals surface area contributed by atoms with Crippen molar-refractivity contribution in [2.24, 2.45) is 5.92 Å². The molecule has 0 radical (unpaired) electrons. The molecule has 0 spiro atoms. The Kier molecular flexibility index (Phi) is 3.61. The number of nitrogens with one attached hydrogen (secondary N) is 1. The van der Waals surface area contributed by atoms with Crippen LogP contribution in [0.5, 0.6) is 0 Å². The molecule has 0 unspecified atom stereocenters. The molecule has 0 atom stereocenters. The van der Waals surface area contributed by atoms with Crippen molar-refractivity contribution in [3.05, 3.63) is 24.0 Å². The second-order valence-electron chi connectivity index (χ2n) is 4.48. The molecular formula is C13H18N2O2. The van der Waals surface area contributed by atoms with Gasteiger partial charge in [-0.1, -0.05) is 0 Å². The van der Waals surface area contributed by atoms with Crippen LogP contribution in [0.3, 0.4) is 0 Å². The Morgan fingerprint density at radius 2 is 2.24 bits per heavy atom. The van der Waals surface area contributed by atoms with E-state index >= 15 is 0 Å². The lowest BCUT2D eigenvalue weighted by atomic mass is 10.1. The number of carbonyl (C=O) groups excluding carboxylic acids is 2. The number of aryl methyl sites for hydroxylation is 1. The van der Waals surface area contributed by atoms with Crippen LogP contribution in [0.15, 0.2) is 18.5 Å². The van der Waals surface area contributed by atoms with Gasteiger partial charge in [0.05, 0.1) is 0 Å². The van der Waals surface area contributed by atoms with Crippen molar-refractivity contribution in [1.29, 1.82) is 0 Å². The molecule has 4 heteroatoms. The molecule has 1 heterocycles. The van der Waals surface area contributed by atoms with E-state index in [1.54, 1.807) is 0 Å². The van der Waals surface area contributed by atoms with Gasteiger partial charge in [0.15, 0.2) is 5.78 Å². The van der Waals surface area contributed by atoms with E-state index in [0.29, 0.717) is 19.5 Å². The highest BCUT2D eigenvalue weighted by Gasteiger charge is 2.30. The first kappa shape index (κ1) is 11.9. The SMILES string of the molecule is CCNC(=O)CCn1ccc(C(=O)C2CC2)c1. The van der Waals surface area contributed by atoms with Crippen LogP contribution in [0.25, 0.3) is 0 Å². The molecular weight excluding hydrogens is 216 g/mol. The Morgan fingerprint density at radius 3 is 2.88 bits per heavy atom. The maximum absolute atomic E-state index is 11.8. The van der Waals surface area contributed by atoms with Gasteiger partial charge in [-0.15, -0.1) is 0 Å². The fourth-order valence-corrected chi connectivity index (χ4v) is 1.82. The lowest BCUT2D eigenvalue weighted by Gasteiger charge is -2.03. The molecule has 4 nitrogen and oxygen atoms in total. The Labute approximate surface area is 101 Å². The van der Waals surface area contributed by atoms with Gasteiger partial charge in [-0.2, -0.15) is 0 Å². The molecule has 1 amide bonds. The molecule has 1 aliphatic carbocycles. The van der Waals surface area contributed by atoms with Crippen molar-refractivity contribution in [2.45, 2.75) is 32.7 Å². The lowest BCUT2D eigenvalue weighted by molar-refractivity contribution is -0.121. The molecule has 2 rings (SSSR count). The van der Waals surface area contributed by atoms with Gasteiger partial charge >= 0.3 is 0 Å². The van der Waals surface area contributed by atoms with Gasteiger partial charge in [-0.3, -0.25) is 9.59 Å². The molecule has 0 aliphatic heterocycles. The minimum atomic E-state index is 0.0521. The maximum Gasteiger partial charge on any atom is 0.221 e. The molecule has 1 saturated carbocycles. The molecule has 1 aliphatic rings. The van der Waals surface area contributed by atoms with Crippen LogP contribution in [0.1, 0.15) is 36.5 Å². The predicted molar refractivity (Wildman–Crippen MR) is 64.8 cm³/mol. The van der Waals surface area contributed by atoms with Crippen molar-refractivity contribution in [3.8, 4) is 0 Å². The van der Waals surface area contributed by atoms with E-state index in [2.05, 4.69) is 5.32 Å². The molecule has 92 valence electrons. The average molecular weight is 234 g/mol. The molecule has 0 bridgehead atoms. The van der Waals surface area contributed by atoms with Crippen molar-refractivity contribution in [1.82, 2.24) is 9.88 Å². The topological polar surface area (TPSA) is 51.1 Å². The van der Waals surface area contributed by atoms with Crippen LogP contribution < -0.4 is 5.32 Å².